The molecule has 2 N–H and O–H groups in total. The Balaban J connectivity index is 2.43. The van der Waals surface area contributed by atoms with Gasteiger partial charge in [-0.3, -0.25) is 14.9 Å². The number of pyridine rings is 1. The molecule has 0 bridgehead atoms. The van der Waals surface area contributed by atoms with Gasteiger partial charge in [-0.1, -0.05) is 0 Å². The van der Waals surface area contributed by atoms with E-state index in [1.54, 1.807) is 17.9 Å². The topological polar surface area (TPSA) is 100 Å². The first-order chi connectivity index (χ1) is 9.54. The van der Waals surface area contributed by atoms with Gasteiger partial charge >= 0.3 is 5.69 Å². The van der Waals surface area contributed by atoms with E-state index in [1.165, 1.54) is 6.07 Å². The Kier molecular flexibility index (Phi) is 4.02. The van der Waals surface area contributed by atoms with Gasteiger partial charge in [0.15, 0.2) is 0 Å². The smallest absolute Gasteiger partial charge is 0.311 e. The highest BCUT2D eigenvalue weighted by atomic mass is 16.6. The maximum Gasteiger partial charge on any atom is 0.311 e. The average Bonchev–Trinajstić information content (AvgIpc) is 2.42. The zero-order chi connectivity index (χ0) is 14.7. The van der Waals surface area contributed by atoms with Gasteiger partial charge in [0.2, 0.25) is 11.7 Å². The van der Waals surface area contributed by atoms with Crippen LogP contribution in [0.1, 0.15) is 13.8 Å². The third kappa shape index (κ3) is 2.63. The van der Waals surface area contributed by atoms with Gasteiger partial charge in [0.05, 0.1) is 4.92 Å². The Morgan fingerprint density at radius 3 is 3.00 bits per heavy atom. The van der Waals surface area contributed by atoms with Crippen LogP contribution in [0.5, 0.6) is 0 Å². The number of amides is 1. The zero-order valence-electron chi connectivity index (χ0n) is 11.4. The van der Waals surface area contributed by atoms with Crippen molar-refractivity contribution < 1.29 is 9.72 Å². The highest BCUT2D eigenvalue weighted by Crippen LogP contribution is 2.29. The SMILES string of the molecule is CCNc1ccc([N+](=O)[O-])c(N2CCNC(=O)C2C)n1. The number of carbonyl (C=O) groups is 1. The summed E-state index contributed by atoms with van der Waals surface area (Å²) in [6.45, 7) is 5.24. The molecule has 1 aromatic rings. The van der Waals surface area contributed by atoms with Crippen molar-refractivity contribution in [2.75, 3.05) is 29.9 Å². The number of anilines is 2. The van der Waals surface area contributed by atoms with Gasteiger partial charge in [0.25, 0.3) is 0 Å². The molecular weight excluding hydrogens is 262 g/mol. The van der Waals surface area contributed by atoms with Crippen molar-refractivity contribution in [2.45, 2.75) is 19.9 Å². The lowest BCUT2D eigenvalue weighted by Gasteiger charge is -2.33. The minimum atomic E-state index is -0.480. The van der Waals surface area contributed by atoms with Crippen LogP contribution < -0.4 is 15.5 Å². The molecule has 0 spiro atoms. The quantitative estimate of drug-likeness (QED) is 0.623. The maximum atomic E-state index is 11.7. The van der Waals surface area contributed by atoms with Gasteiger partial charge in [-0.15, -0.1) is 0 Å². The molecule has 0 aromatic carbocycles. The van der Waals surface area contributed by atoms with Crippen molar-refractivity contribution in [2.24, 2.45) is 0 Å². The number of hydrogen-bond donors (Lipinski definition) is 2. The van der Waals surface area contributed by atoms with Gasteiger partial charge in [0.1, 0.15) is 11.9 Å². The summed E-state index contributed by atoms with van der Waals surface area (Å²) >= 11 is 0. The van der Waals surface area contributed by atoms with Crippen molar-refractivity contribution in [3.63, 3.8) is 0 Å². The van der Waals surface area contributed by atoms with E-state index in [-0.39, 0.29) is 17.4 Å². The average molecular weight is 279 g/mol. The highest BCUT2D eigenvalue weighted by Gasteiger charge is 2.31. The first-order valence-corrected chi connectivity index (χ1v) is 6.48. The largest absolute Gasteiger partial charge is 0.370 e. The number of nitro groups is 1. The van der Waals surface area contributed by atoms with Gasteiger partial charge in [-0.25, -0.2) is 4.98 Å². The van der Waals surface area contributed by atoms with E-state index in [0.29, 0.717) is 25.5 Å². The van der Waals surface area contributed by atoms with Crippen LogP contribution in [-0.4, -0.2) is 41.5 Å². The van der Waals surface area contributed by atoms with Crippen molar-refractivity contribution in [3.8, 4) is 0 Å². The molecule has 1 aromatic heterocycles. The van der Waals surface area contributed by atoms with E-state index in [1.807, 2.05) is 6.92 Å². The van der Waals surface area contributed by atoms with Gasteiger partial charge in [-0.2, -0.15) is 0 Å². The summed E-state index contributed by atoms with van der Waals surface area (Å²) in [5.41, 5.74) is -0.0896. The molecular formula is C12H17N5O3. The monoisotopic (exact) mass is 279 g/mol. The summed E-state index contributed by atoms with van der Waals surface area (Å²) in [5.74, 6) is 0.642. The Morgan fingerprint density at radius 2 is 2.35 bits per heavy atom. The van der Waals surface area contributed by atoms with Gasteiger partial charge < -0.3 is 15.5 Å². The predicted octanol–water partition coefficient (Wildman–Crippen LogP) is 0.746. The van der Waals surface area contributed by atoms with E-state index < -0.39 is 11.0 Å². The molecule has 8 heteroatoms. The lowest BCUT2D eigenvalue weighted by Crippen LogP contribution is -2.54. The van der Waals surface area contributed by atoms with E-state index >= 15 is 0 Å². The normalized spacial score (nSPS) is 18.6. The lowest BCUT2D eigenvalue weighted by atomic mass is 10.2. The third-order valence-corrected chi connectivity index (χ3v) is 3.18. The summed E-state index contributed by atoms with van der Waals surface area (Å²) in [7, 11) is 0. The fourth-order valence-corrected chi connectivity index (χ4v) is 2.15. The molecule has 1 amide bonds. The molecule has 0 aliphatic carbocycles. The molecule has 0 radical (unpaired) electrons. The first kappa shape index (κ1) is 14.0. The van der Waals surface area contributed by atoms with E-state index in [4.69, 9.17) is 0 Å². The van der Waals surface area contributed by atoms with Crippen LogP contribution in [-0.2, 0) is 4.79 Å². The number of aromatic nitrogens is 1. The molecule has 1 fully saturated rings. The molecule has 20 heavy (non-hydrogen) atoms. The van der Waals surface area contributed by atoms with Crippen molar-refractivity contribution >= 4 is 23.2 Å². The van der Waals surface area contributed by atoms with Crippen LogP contribution in [0.2, 0.25) is 0 Å². The number of rotatable bonds is 4. The van der Waals surface area contributed by atoms with Crippen LogP contribution in [0.15, 0.2) is 12.1 Å². The second kappa shape index (κ2) is 5.72. The number of carbonyl (C=O) groups excluding carboxylic acids is 1. The Bertz CT molecular complexity index is 534. The van der Waals surface area contributed by atoms with Crippen LogP contribution in [0.25, 0.3) is 0 Å². The standard InChI is InChI=1S/C12H17N5O3/c1-3-13-10-5-4-9(17(19)20)11(15-10)16-7-6-14-12(18)8(16)2/h4-5,8H,3,6-7H2,1-2H3,(H,13,15)(H,14,18). The molecule has 1 atom stereocenters. The number of nitrogens with one attached hydrogen (secondary N) is 2. The fraction of sp³-hybridized carbons (Fsp3) is 0.500. The molecule has 108 valence electrons. The molecule has 1 aliphatic heterocycles. The summed E-state index contributed by atoms with van der Waals surface area (Å²) in [5, 5.41) is 16.9. The number of nitrogens with zero attached hydrogens (tertiary/aromatic N) is 3. The van der Waals surface area contributed by atoms with E-state index in [2.05, 4.69) is 15.6 Å². The van der Waals surface area contributed by atoms with Crippen molar-refractivity contribution in [1.82, 2.24) is 10.3 Å². The van der Waals surface area contributed by atoms with Crippen LogP contribution in [0.3, 0.4) is 0 Å². The highest BCUT2D eigenvalue weighted by molar-refractivity contribution is 5.86. The molecule has 1 unspecified atom stereocenters. The Morgan fingerprint density at radius 1 is 1.60 bits per heavy atom. The minimum Gasteiger partial charge on any atom is -0.370 e. The maximum absolute atomic E-state index is 11.7. The Hall–Kier alpha value is -2.38. The van der Waals surface area contributed by atoms with E-state index in [0.717, 1.165) is 0 Å². The summed E-state index contributed by atoms with van der Waals surface area (Å²) in [4.78, 5) is 28.3. The third-order valence-electron chi connectivity index (χ3n) is 3.18. The number of piperazine rings is 1. The minimum absolute atomic E-state index is 0.0896. The summed E-state index contributed by atoms with van der Waals surface area (Å²) in [6, 6.07) is 2.51. The molecule has 1 aliphatic rings. The van der Waals surface area contributed by atoms with Crippen LogP contribution in [0, 0.1) is 10.1 Å². The summed E-state index contributed by atoms with van der Waals surface area (Å²) < 4.78 is 0. The second-order valence-electron chi connectivity index (χ2n) is 4.49. The van der Waals surface area contributed by atoms with Crippen molar-refractivity contribution in [3.05, 3.63) is 22.2 Å². The van der Waals surface area contributed by atoms with Crippen LogP contribution >= 0.6 is 0 Å². The van der Waals surface area contributed by atoms with Gasteiger partial charge in [0, 0.05) is 25.7 Å². The predicted molar refractivity (Wildman–Crippen MR) is 74.9 cm³/mol. The second-order valence-corrected chi connectivity index (χ2v) is 4.49. The Labute approximate surface area is 116 Å². The summed E-state index contributed by atoms with van der Waals surface area (Å²) in [6.07, 6.45) is 0. The molecule has 2 heterocycles. The molecule has 2 rings (SSSR count). The zero-order valence-corrected chi connectivity index (χ0v) is 11.4. The molecule has 0 saturated carbocycles. The van der Waals surface area contributed by atoms with Crippen LogP contribution in [0.4, 0.5) is 17.3 Å². The van der Waals surface area contributed by atoms with E-state index in [9.17, 15) is 14.9 Å². The molecule has 8 nitrogen and oxygen atoms in total. The van der Waals surface area contributed by atoms with Crippen molar-refractivity contribution in [1.29, 1.82) is 0 Å². The molecule has 1 saturated heterocycles. The van der Waals surface area contributed by atoms with Gasteiger partial charge in [-0.05, 0) is 19.9 Å². The fourth-order valence-electron chi connectivity index (χ4n) is 2.15. The number of hydrogen-bond acceptors (Lipinski definition) is 6. The lowest BCUT2D eigenvalue weighted by molar-refractivity contribution is -0.384. The first-order valence-electron chi connectivity index (χ1n) is 6.48.